The van der Waals surface area contributed by atoms with Gasteiger partial charge < -0.3 is 19.5 Å². The Morgan fingerprint density at radius 1 is 1.00 bits per heavy atom. The van der Waals surface area contributed by atoms with Crippen molar-refractivity contribution in [1.82, 2.24) is 14.7 Å². The van der Waals surface area contributed by atoms with Gasteiger partial charge in [-0.15, -0.1) is 0 Å². The van der Waals surface area contributed by atoms with Gasteiger partial charge >= 0.3 is 5.97 Å². The number of nitrogens with zero attached hydrogens (tertiary/aromatic N) is 3. The number of aliphatic carboxylic acids is 1. The quantitative estimate of drug-likeness (QED) is 0.352. The summed E-state index contributed by atoms with van der Waals surface area (Å²) in [4.78, 5) is 13.0. The molecule has 0 fully saturated rings. The maximum Gasteiger partial charge on any atom is 0.310 e. The highest BCUT2D eigenvalue weighted by Crippen LogP contribution is 2.26. The highest BCUT2D eigenvalue weighted by molar-refractivity contribution is 5.86. The lowest BCUT2D eigenvalue weighted by Gasteiger charge is -2.20. The molecule has 7 heteroatoms. The molecule has 2 atom stereocenters. The zero-order valence-electron chi connectivity index (χ0n) is 21.6. The molecule has 1 aromatic heterocycles. The molecule has 7 nitrogen and oxygen atoms in total. The molecule has 1 unspecified atom stereocenters. The van der Waals surface area contributed by atoms with Crippen molar-refractivity contribution in [2.45, 2.75) is 18.9 Å². The number of hydrogen-bond donors (Lipinski definition) is 1. The first-order chi connectivity index (χ1) is 17.3. The standard InChI is InChI=1S/C15H21N3O.C14H14O3/c1-17(2)11-12-19-15(13-7-5-4-6-8-13)14-9-10-16-18(14)3;1-9(14(15)16)10-3-4-12-8-13(17-2)6-5-11(12)7-10/h4-10,15H,11-12H2,1-3H3;3-9H,1-2H3,(H,15,16)/t15-;/m0./s1. The van der Waals surface area contributed by atoms with Gasteiger partial charge in [0.2, 0.25) is 0 Å². The fourth-order valence-electron chi connectivity index (χ4n) is 3.76. The molecule has 36 heavy (non-hydrogen) atoms. The molecule has 0 amide bonds. The van der Waals surface area contributed by atoms with Crippen molar-refractivity contribution in [2.75, 3.05) is 34.4 Å². The van der Waals surface area contributed by atoms with Crippen LogP contribution >= 0.6 is 0 Å². The second kappa shape index (κ2) is 12.9. The van der Waals surface area contributed by atoms with Gasteiger partial charge in [-0.1, -0.05) is 54.6 Å². The van der Waals surface area contributed by atoms with Gasteiger partial charge in [-0.3, -0.25) is 9.48 Å². The number of aromatic nitrogens is 2. The van der Waals surface area contributed by atoms with Crippen LogP contribution in [-0.4, -0.2) is 60.1 Å². The first kappa shape index (κ1) is 26.9. The van der Waals surface area contributed by atoms with E-state index in [4.69, 9.17) is 14.6 Å². The number of rotatable bonds is 9. The van der Waals surface area contributed by atoms with E-state index < -0.39 is 11.9 Å². The third-order valence-corrected chi connectivity index (χ3v) is 5.99. The molecule has 0 saturated carbocycles. The summed E-state index contributed by atoms with van der Waals surface area (Å²) in [5, 5.41) is 15.3. The third kappa shape index (κ3) is 7.16. The summed E-state index contributed by atoms with van der Waals surface area (Å²) in [6, 6.07) is 23.7. The van der Waals surface area contributed by atoms with Gasteiger partial charge in [0, 0.05) is 19.8 Å². The van der Waals surface area contributed by atoms with E-state index >= 15 is 0 Å². The minimum atomic E-state index is -0.808. The molecule has 0 aliphatic heterocycles. The molecule has 0 bridgehead atoms. The Balaban J connectivity index is 0.000000202. The van der Waals surface area contributed by atoms with E-state index in [1.165, 1.54) is 0 Å². The molecule has 4 aromatic rings. The zero-order chi connectivity index (χ0) is 26.1. The predicted octanol–water partition coefficient (Wildman–Crippen LogP) is 5.12. The Kier molecular flexibility index (Phi) is 9.61. The van der Waals surface area contributed by atoms with Crippen LogP contribution in [-0.2, 0) is 16.6 Å². The number of likely N-dealkylation sites (N-methyl/N-ethyl adjacent to an activating group) is 1. The molecule has 0 saturated heterocycles. The lowest BCUT2D eigenvalue weighted by Crippen LogP contribution is -2.20. The average molecular weight is 490 g/mol. The molecule has 3 aromatic carbocycles. The normalized spacial score (nSPS) is 12.6. The van der Waals surface area contributed by atoms with Gasteiger partial charge in [0.05, 0.1) is 25.3 Å². The molecule has 1 heterocycles. The Bertz CT molecular complexity index is 1250. The van der Waals surface area contributed by atoms with Crippen molar-refractivity contribution in [2.24, 2.45) is 7.05 Å². The van der Waals surface area contributed by atoms with E-state index in [-0.39, 0.29) is 6.10 Å². The molecular weight excluding hydrogens is 454 g/mol. The minimum absolute atomic E-state index is 0.0614. The van der Waals surface area contributed by atoms with Crippen molar-refractivity contribution in [3.05, 3.63) is 95.8 Å². The first-order valence-corrected chi connectivity index (χ1v) is 11.9. The maximum atomic E-state index is 10.9. The molecule has 0 aliphatic carbocycles. The maximum absolute atomic E-state index is 10.9. The fraction of sp³-hybridized carbons (Fsp3) is 0.310. The van der Waals surface area contributed by atoms with Crippen LogP contribution in [0.25, 0.3) is 10.8 Å². The number of methoxy groups -OCH3 is 1. The van der Waals surface area contributed by atoms with Gasteiger partial charge in [0.25, 0.3) is 0 Å². The van der Waals surface area contributed by atoms with Gasteiger partial charge in [-0.2, -0.15) is 5.10 Å². The highest BCUT2D eigenvalue weighted by atomic mass is 16.5. The summed E-state index contributed by atoms with van der Waals surface area (Å²) in [5.74, 6) is -0.490. The Hall–Kier alpha value is -3.68. The summed E-state index contributed by atoms with van der Waals surface area (Å²) in [6.45, 7) is 3.28. The molecule has 0 radical (unpaired) electrons. The lowest BCUT2D eigenvalue weighted by atomic mass is 9.98. The van der Waals surface area contributed by atoms with Crippen molar-refractivity contribution in [3.63, 3.8) is 0 Å². The highest BCUT2D eigenvalue weighted by Gasteiger charge is 2.18. The van der Waals surface area contributed by atoms with E-state index in [0.29, 0.717) is 6.61 Å². The van der Waals surface area contributed by atoms with Crippen molar-refractivity contribution >= 4 is 16.7 Å². The van der Waals surface area contributed by atoms with Gasteiger partial charge in [0.15, 0.2) is 0 Å². The Labute approximate surface area is 212 Å². The van der Waals surface area contributed by atoms with Crippen LogP contribution in [0.1, 0.15) is 35.8 Å². The summed E-state index contributed by atoms with van der Waals surface area (Å²) in [5.41, 5.74) is 3.05. The number of benzene rings is 3. The predicted molar refractivity (Wildman–Crippen MR) is 143 cm³/mol. The topological polar surface area (TPSA) is 76.8 Å². The van der Waals surface area contributed by atoms with Crippen molar-refractivity contribution < 1.29 is 19.4 Å². The number of carboxylic acids is 1. The summed E-state index contributed by atoms with van der Waals surface area (Å²) >= 11 is 0. The number of aryl methyl sites for hydroxylation is 1. The van der Waals surface area contributed by atoms with E-state index in [2.05, 4.69) is 22.1 Å². The number of hydrogen-bond acceptors (Lipinski definition) is 5. The number of ether oxygens (including phenoxy) is 2. The summed E-state index contributed by atoms with van der Waals surface area (Å²) in [6.07, 6.45) is 1.74. The number of carbonyl (C=O) groups is 1. The monoisotopic (exact) mass is 489 g/mol. The van der Waals surface area contributed by atoms with Crippen LogP contribution in [0, 0.1) is 0 Å². The molecular formula is C29H35N3O4. The molecule has 0 aliphatic rings. The fourth-order valence-corrected chi connectivity index (χ4v) is 3.76. The molecule has 4 rings (SSSR count). The molecule has 1 N–H and O–H groups in total. The van der Waals surface area contributed by atoms with Crippen LogP contribution in [0.3, 0.4) is 0 Å². The van der Waals surface area contributed by atoms with Crippen LogP contribution in [0.15, 0.2) is 79.0 Å². The van der Waals surface area contributed by atoms with Crippen LogP contribution in [0.2, 0.25) is 0 Å². The lowest BCUT2D eigenvalue weighted by molar-refractivity contribution is -0.138. The minimum Gasteiger partial charge on any atom is -0.497 e. The number of carboxylic acid groups (broad SMARTS) is 1. The van der Waals surface area contributed by atoms with Crippen molar-refractivity contribution in [1.29, 1.82) is 0 Å². The zero-order valence-corrected chi connectivity index (χ0v) is 21.6. The second-order valence-electron chi connectivity index (χ2n) is 8.88. The van der Waals surface area contributed by atoms with E-state index in [1.54, 1.807) is 20.2 Å². The molecule has 190 valence electrons. The van der Waals surface area contributed by atoms with Crippen LogP contribution < -0.4 is 4.74 Å². The van der Waals surface area contributed by atoms with Crippen LogP contribution in [0.5, 0.6) is 5.75 Å². The SMILES string of the molecule is CN(C)CCO[C@@H](c1ccccc1)c1ccnn1C.COc1ccc2cc(C(C)C(=O)O)ccc2c1. The smallest absolute Gasteiger partial charge is 0.310 e. The Morgan fingerprint density at radius 3 is 2.31 bits per heavy atom. The first-order valence-electron chi connectivity index (χ1n) is 11.9. The summed E-state index contributed by atoms with van der Waals surface area (Å²) < 4.78 is 13.1. The van der Waals surface area contributed by atoms with Crippen LogP contribution in [0.4, 0.5) is 0 Å². The van der Waals surface area contributed by atoms with Gasteiger partial charge in [0.1, 0.15) is 11.9 Å². The summed E-state index contributed by atoms with van der Waals surface area (Å²) in [7, 11) is 7.67. The largest absolute Gasteiger partial charge is 0.497 e. The Morgan fingerprint density at radius 2 is 1.69 bits per heavy atom. The van der Waals surface area contributed by atoms with E-state index in [0.717, 1.165) is 39.9 Å². The van der Waals surface area contributed by atoms with E-state index in [1.807, 2.05) is 86.5 Å². The van der Waals surface area contributed by atoms with Crippen molar-refractivity contribution in [3.8, 4) is 5.75 Å². The van der Waals surface area contributed by atoms with Gasteiger partial charge in [-0.05, 0) is 61.1 Å². The third-order valence-electron chi connectivity index (χ3n) is 5.99. The average Bonchev–Trinajstić information content (AvgIpc) is 3.31. The van der Waals surface area contributed by atoms with Gasteiger partial charge in [-0.25, -0.2) is 0 Å². The second-order valence-corrected chi connectivity index (χ2v) is 8.88. The van der Waals surface area contributed by atoms with E-state index in [9.17, 15) is 4.79 Å². The molecule has 0 spiro atoms. The number of fused-ring (bicyclic) bond motifs is 1.